The van der Waals surface area contributed by atoms with Crippen LogP contribution in [0.2, 0.25) is 0 Å². The Balaban J connectivity index is 3.39. The molecule has 0 aromatic heterocycles. The van der Waals surface area contributed by atoms with E-state index in [1.807, 2.05) is 0 Å². The van der Waals surface area contributed by atoms with Crippen LogP contribution < -0.4 is 0 Å². The third-order valence-electron chi connectivity index (χ3n) is 2.16. The molecule has 1 unspecified atom stereocenters. The number of thioether (sulfide) groups is 1. The molecule has 0 fully saturated rings. The summed E-state index contributed by atoms with van der Waals surface area (Å²) in [7, 11) is 4.26. The zero-order chi connectivity index (χ0) is 10.3. The maximum Gasteiger partial charge on any atom is 0.00699 e. The molecule has 0 bridgehead atoms. The molecule has 13 heavy (non-hydrogen) atoms. The van der Waals surface area contributed by atoms with Crippen molar-refractivity contribution in [3.05, 3.63) is 0 Å². The summed E-state index contributed by atoms with van der Waals surface area (Å²) in [6.45, 7) is 5.80. The van der Waals surface area contributed by atoms with Gasteiger partial charge in [0.05, 0.1) is 0 Å². The van der Waals surface area contributed by atoms with Crippen molar-refractivity contribution in [2.45, 2.75) is 13.8 Å². The second-order valence-electron chi connectivity index (χ2n) is 4.04. The average molecular weight is 268 g/mol. The predicted molar refractivity (Wildman–Crippen MR) is 68.0 cm³/mol. The Bertz CT molecular complexity index is 117. The molecule has 0 radical (unpaired) electrons. The van der Waals surface area contributed by atoms with Gasteiger partial charge in [-0.15, -0.1) is 0 Å². The maximum atomic E-state index is 3.57. The zero-order valence-corrected chi connectivity index (χ0v) is 11.6. The van der Waals surface area contributed by atoms with Crippen LogP contribution in [0.1, 0.15) is 13.8 Å². The summed E-state index contributed by atoms with van der Waals surface area (Å²) in [4.78, 5) is 2.24. The first-order valence-electron chi connectivity index (χ1n) is 4.86. The highest BCUT2D eigenvalue weighted by atomic mass is 79.9. The molecule has 0 spiro atoms. The third kappa shape index (κ3) is 7.83. The van der Waals surface area contributed by atoms with E-state index in [2.05, 4.69) is 60.5 Å². The molecular formula is C10H22BrNS. The van der Waals surface area contributed by atoms with E-state index in [9.17, 15) is 0 Å². The first-order valence-corrected chi connectivity index (χ1v) is 7.14. The van der Waals surface area contributed by atoms with E-state index in [0.717, 1.165) is 17.2 Å². The van der Waals surface area contributed by atoms with Gasteiger partial charge in [-0.05, 0) is 31.7 Å². The lowest BCUT2D eigenvalue weighted by Gasteiger charge is -2.18. The van der Waals surface area contributed by atoms with Gasteiger partial charge in [0.15, 0.2) is 0 Å². The number of alkyl halides is 1. The molecule has 0 amide bonds. The fourth-order valence-electron chi connectivity index (χ4n) is 0.897. The molecular weight excluding hydrogens is 246 g/mol. The Labute approximate surface area is 95.8 Å². The highest BCUT2D eigenvalue weighted by Gasteiger charge is 2.11. The molecule has 0 saturated carbocycles. The van der Waals surface area contributed by atoms with Crippen LogP contribution in [0.5, 0.6) is 0 Å². The Morgan fingerprint density at radius 1 is 1.31 bits per heavy atom. The molecule has 0 aromatic carbocycles. The van der Waals surface area contributed by atoms with Crippen molar-refractivity contribution in [2.75, 3.05) is 37.5 Å². The molecule has 0 aliphatic heterocycles. The number of nitrogens with zero attached hydrogens (tertiary/aromatic N) is 1. The zero-order valence-electron chi connectivity index (χ0n) is 9.22. The average Bonchev–Trinajstić information content (AvgIpc) is 2.03. The highest BCUT2D eigenvalue weighted by Crippen LogP contribution is 2.19. The summed E-state index contributed by atoms with van der Waals surface area (Å²) in [5, 5.41) is 1.14. The first-order chi connectivity index (χ1) is 6.07. The SMILES string of the molecule is CC(C)C(CBr)CSCCN(C)C. The minimum Gasteiger partial charge on any atom is -0.309 e. The molecule has 0 aliphatic carbocycles. The van der Waals surface area contributed by atoms with Gasteiger partial charge in [0, 0.05) is 17.6 Å². The van der Waals surface area contributed by atoms with E-state index in [4.69, 9.17) is 0 Å². The lowest BCUT2D eigenvalue weighted by atomic mass is 10.0. The van der Waals surface area contributed by atoms with Crippen LogP contribution in [0.4, 0.5) is 0 Å². The molecule has 0 saturated heterocycles. The lowest BCUT2D eigenvalue weighted by Crippen LogP contribution is -2.17. The largest absolute Gasteiger partial charge is 0.309 e. The minimum absolute atomic E-state index is 0.797. The minimum atomic E-state index is 0.797. The van der Waals surface area contributed by atoms with Crippen molar-refractivity contribution < 1.29 is 0 Å². The smallest absolute Gasteiger partial charge is 0.00699 e. The van der Waals surface area contributed by atoms with Crippen LogP contribution in [0, 0.1) is 11.8 Å². The molecule has 0 N–H and O–H groups in total. The second-order valence-corrected chi connectivity index (χ2v) is 5.83. The Morgan fingerprint density at radius 3 is 2.31 bits per heavy atom. The summed E-state index contributed by atoms with van der Waals surface area (Å²) in [5.74, 6) is 4.17. The van der Waals surface area contributed by atoms with E-state index >= 15 is 0 Å². The summed E-state index contributed by atoms with van der Waals surface area (Å²) in [6, 6.07) is 0. The number of hydrogen-bond donors (Lipinski definition) is 0. The molecule has 80 valence electrons. The molecule has 3 heteroatoms. The van der Waals surface area contributed by atoms with Gasteiger partial charge in [-0.3, -0.25) is 0 Å². The lowest BCUT2D eigenvalue weighted by molar-refractivity contribution is 0.436. The van der Waals surface area contributed by atoms with Crippen LogP contribution >= 0.6 is 27.7 Å². The summed E-state index contributed by atoms with van der Waals surface area (Å²) >= 11 is 5.64. The van der Waals surface area contributed by atoms with Gasteiger partial charge < -0.3 is 4.90 Å². The van der Waals surface area contributed by atoms with Crippen molar-refractivity contribution >= 4 is 27.7 Å². The van der Waals surface area contributed by atoms with Crippen LogP contribution in [0.25, 0.3) is 0 Å². The molecule has 0 aliphatic rings. The van der Waals surface area contributed by atoms with Crippen molar-refractivity contribution in [1.29, 1.82) is 0 Å². The Hall–Kier alpha value is 0.790. The predicted octanol–water partition coefficient (Wildman–Crippen LogP) is 2.95. The summed E-state index contributed by atoms with van der Waals surface area (Å²) < 4.78 is 0. The summed E-state index contributed by atoms with van der Waals surface area (Å²) in [6.07, 6.45) is 0. The quantitative estimate of drug-likeness (QED) is 0.516. The summed E-state index contributed by atoms with van der Waals surface area (Å²) in [5.41, 5.74) is 0. The van der Waals surface area contributed by atoms with Crippen molar-refractivity contribution in [1.82, 2.24) is 4.90 Å². The van der Waals surface area contributed by atoms with Gasteiger partial charge in [0.1, 0.15) is 0 Å². The van der Waals surface area contributed by atoms with E-state index in [1.165, 1.54) is 18.1 Å². The molecule has 0 rings (SSSR count). The van der Waals surface area contributed by atoms with Crippen LogP contribution in [0.3, 0.4) is 0 Å². The van der Waals surface area contributed by atoms with Gasteiger partial charge in [-0.1, -0.05) is 29.8 Å². The van der Waals surface area contributed by atoms with E-state index in [1.54, 1.807) is 0 Å². The van der Waals surface area contributed by atoms with Gasteiger partial charge >= 0.3 is 0 Å². The Morgan fingerprint density at radius 2 is 1.92 bits per heavy atom. The fourth-order valence-corrected chi connectivity index (χ4v) is 3.64. The number of rotatable bonds is 7. The fraction of sp³-hybridized carbons (Fsp3) is 1.00. The monoisotopic (exact) mass is 267 g/mol. The van der Waals surface area contributed by atoms with E-state index in [0.29, 0.717) is 0 Å². The van der Waals surface area contributed by atoms with Gasteiger partial charge in [-0.25, -0.2) is 0 Å². The van der Waals surface area contributed by atoms with Gasteiger partial charge in [0.25, 0.3) is 0 Å². The number of halogens is 1. The second kappa shape index (κ2) is 8.13. The molecule has 0 aromatic rings. The topological polar surface area (TPSA) is 3.24 Å². The maximum absolute atomic E-state index is 3.57. The van der Waals surface area contributed by atoms with Gasteiger partial charge in [-0.2, -0.15) is 11.8 Å². The van der Waals surface area contributed by atoms with Crippen LogP contribution in [0.15, 0.2) is 0 Å². The molecule has 1 atom stereocenters. The van der Waals surface area contributed by atoms with Crippen molar-refractivity contribution in [2.24, 2.45) is 11.8 Å². The number of hydrogen-bond acceptors (Lipinski definition) is 2. The highest BCUT2D eigenvalue weighted by molar-refractivity contribution is 9.09. The van der Waals surface area contributed by atoms with Crippen LogP contribution in [-0.2, 0) is 0 Å². The normalized spacial score (nSPS) is 14.1. The van der Waals surface area contributed by atoms with Crippen molar-refractivity contribution in [3.8, 4) is 0 Å². The third-order valence-corrected chi connectivity index (χ3v) is 4.12. The Kier molecular flexibility index (Phi) is 8.62. The van der Waals surface area contributed by atoms with Crippen LogP contribution in [-0.4, -0.2) is 42.4 Å². The molecule has 1 nitrogen and oxygen atoms in total. The first kappa shape index (κ1) is 13.8. The van der Waals surface area contributed by atoms with Crippen molar-refractivity contribution in [3.63, 3.8) is 0 Å². The standard InChI is InChI=1S/C10H22BrNS/c1-9(2)10(7-11)8-13-6-5-12(3)4/h9-10H,5-8H2,1-4H3. The molecule has 0 heterocycles. The van der Waals surface area contributed by atoms with E-state index < -0.39 is 0 Å². The van der Waals surface area contributed by atoms with E-state index in [-0.39, 0.29) is 0 Å². The van der Waals surface area contributed by atoms with Gasteiger partial charge in [0.2, 0.25) is 0 Å².